The molecule has 0 bridgehead atoms. The van der Waals surface area contributed by atoms with E-state index in [0.29, 0.717) is 11.5 Å². The first-order valence-electron chi connectivity index (χ1n) is 8.67. The predicted molar refractivity (Wildman–Crippen MR) is 104 cm³/mol. The molecule has 0 aliphatic carbocycles. The quantitative estimate of drug-likeness (QED) is 0.569. The molecule has 3 aromatic carbocycles. The SMILES string of the molecule is Cc1cc(C(c2ccc(O)cc2)c2cc(C)c(O)c(C)c2)cc(C)c1O. The van der Waals surface area contributed by atoms with Crippen LogP contribution >= 0.6 is 0 Å². The molecule has 0 saturated heterocycles. The van der Waals surface area contributed by atoms with Crippen LogP contribution in [0.4, 0.5) is 0 Å². The highest BCUT2D eigenvalue weighted by atomic mass is 16.3. The van der Waals surface area contributed by atoms with Crippen LogP contribution in [0.25, 0.3) is 0 Å². The molecular weight excluding hydrogens is 324 g/mol. The predicted octanol–water partition coefficient (Wildman–Crippen LogP) is 5.22. The van der Waals surface area contributed by atoms with E-state index in [1.165, 1.54) is 0 Å². The van der Waals surface area contributed by atoms with Crippen molar-refractivity contribution in [2.75, 3.05) is 0 Å². The zero-order valence-corrected chi connectivity index (χ0v) is 15.5. The van der Waals surface area contributed by atoms with Crippen molar-refractivity contribution in [2.24, 2.45) is 0 Å². The fraction of sp³-hybridized carbons (Fsp3) is 0.217. The zero-order chi connectivity index (χ0) is 19.0. The molecule has 3 heteroatoms. The Labute approximate surface area is 154 Å². The van der Waals surface area contributed by atoms with Crippen molar-refractivity contribution in [1.82, 2.24) is 0 Å². The highest BCUT2D eigenvalue weighted by Crippen LogP contribution is 2.38. The van der Waals surface area contributed by atoms with E-state index >= 15 is 0 Å². The van der Waals surface area contributed by atoms with Crippen LogP contribution in [0.2, 0.25) is 0 Å². The lowest BCUT2D eigenvalue weighted by molar-refractivity contribution is 0.466. The van der Waals surface area contributed by atoms with E-state index in [1.807, 2.05) is 64.1 Å². The second kappa shape index (κ2) is 6.75. The van der Waals surface area contributed by atoms with Gasteiger partial charge in [-0.25, -0.2) is 0 Å². The monoisotopic (exact) mass is 348 g/mol. The van der Waals surface area contributed by atoms with Crippen molar-refractivity contribution in [3.63, 3.8) is 0 Å². The number of aryl methyl sites for hydroxylation is 4. The molecule has 3 nitrogen and oxygen atoms in total. The molecule has 3 aromatic rings. The highest BCUT2D eigenvalue weighted by molar-refractivity contribution is 5.53. The number of phenolic OH excluding ortho intramolecular Hbond substituents is 3. The Bertz CT molecular complexity index is 852. The molecule has 134 valence electrons. The third-order valence-corrected chi connectivity index (χ3v) is 4.92. The topological polar surface area (TPSA) is 60.7 Å². The van der Waals surface area contributed by atoms with Gasteiger partial charge in [0.25, 0.3) is 0 Å². The van der Waals surface area contributed by atoms with Gasteiger partial charge < -0.3 is 15.3 Å². The Morgan fingerprint density at radius 1 is 0.538 bits per heavy atom. The molecule has 0 aromatic heterocycles. The number of rotatable bonds is 3. The summed E-state index contributed by atoms with van der Waals surface area (Å²) in [6.45, 7) is 7.58. The molecule has 0 fully saturated rings. The molecule has 0 aliphatic heterocycles. The van der Waals surface area contributed by atoms with Crippen molar-refractivity contribution in [1.29, 1.82) is 0 Å². The van der Waals surface area contributed by atoms with Gasteiger partial charge in [0.1, 0.15) is 17.2 Å². The molecule has 26 heavy (non-hydrogen) atoms. The summed E-state index contributed by atoms with van der Waals surface area (Å²) in [5, 5.41) is 30.0. The summed E-state index contributed by atoms with van der Waals surface area (Å²) in [6, 6.07) is 15.2. The maximum Gasteiger partial charge on any atom is 0.121 e. The first kappa shape index (κ1) is 17.9. The molecule has 3 N–H and O–H groups in total. The third-order valence-electron chi connectivity index (χ3n) is 4.92. The summed E-state index contributed by atoms with van der Waals surface area (Å²) in [5.74, 6) is 0.794. The summed E-state index contributed by atoms with van der Waals surface area (Å²) in [4.78, 5) is 0. The highest BCUT2D eigenvalue weighted by Gasteiger charge is 2.20. The smallest absolute Gasteiger partial charge is 0.121 e. The van der Waals surface area contributed by atoms with Crippen LogP contribution in [0.3, 0.4) is 0 Å². The standard InChI is InChI=1S/C23H24O3/c1-13-9-18(10-14(2)22(13)25)21(17-5-7-20(24)8-6-17)19-11-15(3)23(26)16(4)12-19/h5-12,21,24-26H,1-4H3. The van der Waals surface area contributed by atoms with Crippen LogP contribution < -0.4 is 0 Å². The maximum absolute atomic E-state index is 10.1. The van der Waals surface area contributed by atoms with Crippen LogP contribution in [0, 0.1) is 27.7 Å². The molecule has 0 unspecified atom stereocenters. The molecule has 3 rings (SSSR count). The second-order valence-corrected chi connectivity index (χ2v) is 7.03. The van der Waals surface area contributed by atoms with Crippen molar-refractivity contribution < 1.29 is 15.3 Å². The molecular formula is C23H24O3. The van der Waals surface area contributed by atoms with E-state index < -0.39 is 0 Å². The van der Waals surface area contributed by atoms with Crippen LogP contribution in [-0.4, -0.2) is 15.3 Å². The van der Waals surface area contributed by atoms with Gasteiger partial charge in [0.2, 0.25) is 0 Å². The summed E-state index contributed by atoms with van der Waals surface area (Å²) in [6.07, 6.45) is 0. The average Bonchev–Trinajstić information content (AvgIpc) is 2.59. The molecule has 0 saturated carbocycles. The maximum atomic E-state index is 10.1. The Morgan fingerprint density at radius 3 is 1.23 bits per heavy atom. The Morgan fingerprint density at radius 2 is 0.885 bits per heavy atom. The van der Waals surface area contributed by atoms with Gasteiger partial charge in [-0.05, 0) is 78.8 Å². The minimum Gasteiger partial charge on any atom is -0.508 e. The van der Waals surface area contributed by atoms with Gasteiger partial charge in [0, 0.05) is 5.92 Å². The molecule has 0 spiro atoms. The van der Waals surface area contributed by atoms with E-state index in [0.717, 1.165) is 38.9 Å². The number of hydrogen-bond acceptors (Lipinski definition) is 3. The average molecular weight is 348 g/mol. The second-order valence-electron chi connectivity index (χ2n) is 7.03. The van der Waals surface area contributed by atoms with E-state index in [9.17, 15) is 15.3 Å². The summed E-state index contributed by atoms with van der Waals surface area (Å²) < 4.78 is 0. The summed E-state index contributed by atoms with van der Waals surface area (Å²) in [5.41, 5.74) is 6.48. The Kier molecular flexibility index (Phi) is 4.64. The van der Waals surface area contributed by atoms with Gasteiger partial charge in [0.05, 0.1) is 0 Å². The first-order chi connectivity index (χ1) is 12.3. The van der Waals surface area contributed by atoms with E-state index in [2.05, 4.69) is 0 Å². The third kappa shape index (κ3) is 3.25. The summed E-state index contributed by atoms with van der Waals surface area (Å²) in [7, 11) is 0. The lowest BCUT2D eigenvalue weighted by Crippen LogP contribution is -2.05. The Hall–Kier alpha value is -2.94. The number of aromatic hydroxyl groups is 3. The van der Waals surface area contributed by atoms with Gasteiger partial charge in [-0.2, -0.15) is 0 Å². The summed E-state index contributed by atoms with van der Waals surface area (Å²) >= 11 is 0. The largest absolute Gasteiger partial charge is 0.508 e. The number of benzene rings is 3. The molecule has 0 radical (unpaired) electrons. The minimum absolute atomic E-state index is 0.0633. The van der Waals surface area contributed by atoms with Gasteiger partial charge in [-0.15, -0.1) is 0 Å². The van der Waals surface area contributed by atoms with Gasteiger partial charge in [-0.3, -0.25) is 0 Å². The van der Waals surface area contributed by atoms with Gasteiger partial charge in [0.15, 0.2) is 0 Å². The van der Waals surface area contributed by atoms with Gasteiger partial charge in [-0.1, -0.05) is 36.4 Å². The fourth-order valence-corrected chi connectivity index (χ4v) is 3.56. The molecule has 0 aliphatic rings. The van der Waals surface area contributed by atoms with E-state index in [-0.39, 0.29) is 11.7 Å². The molecule has 0 atom stereocenters. The fourth-order valence-electron chi connectivity index (χ4n) is 3.56. The Balaban J connectivity index is 2.25. The van der Waals surface area contributed by atoms with Crippen molar-refractivity contribution in [3.8, 4) is 17.2 Å². The van der Waals surface area contributed by atoms with Crippen molar-refractivity contribution in [2.45, 2.75) is 33.6 Å². The van der Waals surface area contributed by atoms with Crippen LogP contribution in [0.5, 0.6) is 17.2 Å². The van der Waals surface area contributed by atoms with E-state index in [1.54, 1.807) is 12.1 Å². The normalized spacial score (nSPS) is 11.1. The molecule has 0 heterocycles. The first-order valence-corrected chi connectivity index (χ1v) is 8.67. The molecule has 0 amide bonds. The van der Waals surface area contributed by atoms with Crippen molar-refractivity contribution >= 4 is 0 Å². The van der Waals surface area contributed by atoms with Crippen LogP contribution in [0.15, 0.2) is 48.5 Å². The van der Waals surface area contributed by atoms with Crippen LogP contribution in [-0.2, 0) is 0 Å². The number of hydrogen-bond donors (Lipinski definition) is 3. The van der Waals surface area contributed by atoms with Crippen LogP contribution in [0.1, 0.15) is 44.9 Å². The number of phenols is 3. The minimum atomic E-state index is -0.0633. The van der Waals surface area contributed by atoms with Crippen molar-refractivity contribution in [3.05, 3.63) is 87.5 Å². The van der Waals surface area contributed by atoms with Gasteiger partial charge >= 0.3 is 0 Å². The lowest BCUT2D eigenvalue weighted by atomic mass is 9.82. The van der Waals surface area contributed by atoms with E-state index in [4.69, 9.17) is 0 Å². The lowest BCUT2D eigenvalue weighted by Gasteiger charge is -2.22. The zero-order valence-electron chi connectivity index (χ0n) is 15.5.